The molecule has 90 valence electrons. The van der Waals surface area contributed by atoms with E-state index in [-0.39, 0.29) is 12.3 Å². The molecule has 2 rings (SSSR count). The highest BCUT2D eigenvalue weighted by Crippen LogP contribution is 2.26. The molecule has 1 fully saturated rings. The van der Waals surface area contributed by atoms with Crippen LogP contribution >= 0.6 is 0 Å². The van der Waals surface area contributed by atoms with E-state index in [0.29, 0.717) is 5.17 Å². The summed E-state index contributed by atoms with van der Waals surface area (Å²) in [6.45, 7) is 1.32. The molecule has 0 aliphatic carbocycles. The fraction of sp³-hybridized carbons (Fsp3) is 0.273. The largest absolute Gasteiger partial charge is 0.318 e. The Morgan fingerprint density at radius 3 is 2.59 bits per heavy atom. The quantitative estimate of drug-likeness (QED) is 0.557. The lowest BCUT2D eigenvalue weighted by atomic mass is 10.00. The molecule has 1 aliphatic rings. The van der Waals surface area contributed by atoms with Gasteiger partial charge in [-0.3, -0.25) is 9.59 Å². The second kappa shape index (κ2) is 4.15. The lowest BCUT2D eigenvalue weighted by molar-refractivity contribution is -0.317. The molecular weight excluding hydrogens is 222 g/mol. The van der Waals surface area contributed by atoms with Crippen LogP contribution in [0.4, 0.5) is 0 Å². The van der Waals surface area contributed by atoms with Gasteiger partial charge in [-0.15, -0.1) is 5.17 Å². The molecule has 1 aromatic carbocycles. The van der Waals surface area contributed by atoms with Crippen LogP contribution in [0, 0.1) is 0 Å². The summed E-state index contributed by atoms with van der Waals surface area (Å²) in [5.41, 5.74) is -0.482. The number of hydrogen-bond donors (Lipinski definition) is 2. The number of carbonyl (C=O) groups excluding carboxylic acids is 2. The van der Waals surface area contributed by atoms with E-state index in [4.69, 9.17) is 10.7 Å². The summed E-state index contributed by atoms with van der Waals surface area (Å²) < 4.78 is 0. The third kappa shape index (κ3) is 2.13. The number of hydrogen-bond acceptors (Lipinski definition) is 4. The molecule has 6 nitrogen and oxygen atoms in total. The predicted octanol–water partition coefficient (Wildman–Crippen LogP) is -0.291. The van der Waals surface area contributed by atoms with E-state index in [1.54, 1.807) is 0 Å². The molecule has 3 N–H and O–H groups in total. The maximum atomic E-state index is 11.7. The SMILES string of the molecule is CC(=O)NC1(Cc2ccccc2)ON(N)C1=O. The van der Waals surface area contributed by atoms with Crippen molar-refractivity contribution in [2.24, 2.45) is 5.84 Å². The molecule has 1 aromatic rings. The lowest BCUT2D eigenvalue weighted by Gasteiger charge is -2.44. The number of amides is 2. The summed E-state index contributed by atoms with van der Waals surface area (Å²) in [6.07, 6.45) is 0.250. The number of carbonyl (C=O) groups is 2. The second-order valence-corrected chi connectivity index (χ2v) is 3.89. The van der Waals surface area contributed by atoms with Crippen LogP contribution in [0.25, 0.3) is 0 Å². The van der Waals surface area contributed by atoms with Gasteiger partial charge < -0.3 is 5.32 Å². The van der Waals surface area contributed by atoms with Gasteiger partial charge in [-0.2, -0.15) is 0 Å². The number of nitrogens with zero attached hydrogens (tertiary/aromatic N) is 1. The standard InChI is InChI=1S/C11H13N3O3/c1-8(15)13-11(10(16)14(12)17-11)7-9-5-3-2-4-6-9/h2-6H,7,12H2,1H3,(H,13,15). The van der Waals surface area contributed by atoms with Crippen molar-refractivity contribution in [2.75, 3.05) is 0 Å². The highest BCUT2D eigenvalue weighted by Gasteiger charge is 2.54. The Bertz CT molecular complexity index is 449. The van der Waals surface area contributed by atoms with Crippen molar-refractivity contribution in [2.45, 2.75) is 19.1 Å². The summed E-state index contributed by atoms with van der Waals surface area (Å²) in [6, 6.07) is 9.26. The molecule has 0 bridgehead atoms. The van der Waals surface area contributed by atoms with Gasteiger partial charge in [0.2, 0.25) is 5.91 Å². The van der Waals surface area contributed by atoms with Crippen LogP contribution in [0.3, 0.4) is 0 Å². The van der Waals surface area contributed by atoms with E-state index in [0.717, 1.165) is 5.56 Å². The highest BCUT2D eigenvalue weighted by atomic mass is 16.8. The zero-order valence-corrected chi connectivity index (χ0v) is 9.34. The first-order chi connectivity index (χ1) is 8.03. The van der Waals surface area contributed by atoms with E-state index >= 15 is 0 Å². The maximum absolute atomic E-state index is 11.7. The van der Waals surface area contributed by atoms with Gasteiger partial charge in [-0.25, -0.2) is 10.7 Å². The lowest BCUT2D eigenvalue weighted by Crippen LogP contribution is -2.75. The average Bonchev–Trinajstić information content (AvgIpc) is 2.29. The minimum absolute atomic E-state index is 0.250. The van der Waals surface area contributed by atoms with Crippen LogP contribution in [0.15, 0.2) is 30.3 Å². The molecule has 0 radical (unpaired) electrons. The van der Waals surface area contributed by atoms with Crippen LogP contribution in [-0.2, 0) is 20.8 Å². The molecular formula is C11H13N3O3. The van der Waals surface area contributed by atoms with E-state index in [1.165, 1.54) is 6.92 Å². The molecule has 17 heavy (non-hydrogen) atoms. The molecule has 1 atom stereocenters. The topological polar surface area (TPSA) is 84.7 Å². The maximum Gasteiger partial charge on any atom is 0.317 e. The van der Waals surface area contributed by atoms with Crippen molar-refractivity contribution < 1.29 is 14.4 Å². The fourth-order valence-corrected chi connectivity index (χ4v) is 1.78. The summed E-state index contributed by atoms with van der Waals surface area (Å²) in [5.74, 6) is 4.43. The Morgan fingerprint density at radius 2 is 2.12 bits per heavy atom. The minimum atomic E-state index is -1.36. The second-order valence-electron chi connectivity index (χ2n) is 3.89. The third-order valence-corrected chi connectivity index (χ3v) is 2.47. The zero-order valence-electron chi connectivity index (χ0n) is 9.34. The molecule has 0 saturated carbocycles. The highest BCUT2D eigenvalue weighted by molar-refractivity contribution is 5.92. The number of benzene rings is 1. The van der Waals surface area contributed by atoms with Crippen LogP contribution < -0.4 is 11.2 Å². The van der Waals surface area contributed by atoms with Gasteiger partial charge in [-0.05, 0) is 5.56 Å². The first kappa shape index (κ1) is 11.6. The van der Waals surface area contributed by atoms with Crippen molar-refractivity contribution in [1.29, 1.82) is 0 Å². The van der Waals surface area contributed by atoms with Crippen molar-refractivity contribution >= 4 is 11.8 Å². The predicted molar refractivity (Wildman–Crippen MR) is 58.8 cm³/mol. The van der Waals surface area contributed by atoms with E-state index < -0.39 is 11.6 Å². The summed E-state index contributed by atoms with van der Waals surface area (Å²) in [7, 11) is 0. The fourth-order valence-electron chi connectivity index (χ4n) is 1.78. The first-order valence-electron chi connectivity index (χ1n) is 5.14. The normalized spacial score (nSPS) is 23.2. The van der Waals surface area contributed by atoms with Crippen LogP contribution in [0.5, 0.6) is 0 Å². The Hall–Kier alpha value is -1.92. The van der Waals surface area contributed by atoms with E-state index in [1.807, 2.05) is 30.3 Å². The van der Waals surface area contributed by atoms with Crippen LogP contribution in [-0.4, -0.2) is 22.7 Å². The average molecular weight is 235 g/mol. The smallest absolute Gasteiger partial charge is 0.317 e. The Kier molecular flexibility index (Phi) is 2.83. The van der Waals surface area contributed by atoms with Gasteiger partial charge >= 0.3 is 5.91 Å². The first-order valence-corrected chi connectivity index (χ1v) is 5.14. The van der Waals surface area contributed by atoms with Crippen molar-refractivity contribution in [3.05, 3.63) is 35.9 Å². The van der Waals surface area contributed by atoms with Crippen LogP contribution in [0.1, 0.15) is 12.5 Å². The number of nitrogens with one attached hydrogen (secondary N) is 1. The molecule has 0 aromatic heterocycles. The zero-order chi connectivity index (χ0) is 12.5. The molecule has 2 amide bonds. The van der Waals surface area contributed by atoms with E-state index in [2.05, 4.69) is 5.32 Å². The van der Waals surface area contributed by atoms with Gasteiger partial charge in [-0.1, -0.05) is 30.3 Å². The van der Waals surface area contributed by atoms with E-state index in [9.17, 15) is 9.59 Å². The van der Waals surface area contributed by atoms with Gasteiger partial charge in [0.15, 0.2) is 0 Å². The van der Waals surface area contributed by atoms with Crippen LogP contribution in [0.2, 0.25) is 0 Å². The van der Waals surface area contributed by atoms with Crippen molar-refractivity contribution in [3.63, 3.8) is 0 Å². The molecule has 1 heterocycles. The minimum Gasteiger partial charge on any atom is -0.318 e. The number of hydroxylamine groups is 1. The summed E-state index contributed by atoms with van der Waals surface area (Å²) in [4.78, 5) is 27.9. The number of hydrazine groups is 1. The van der Waals surface area contributed by atoms with Gasteiger partial charge in [0, 0.05) is 13.3 Å². The monoisotopic (exact) mass is 235 g/mol. The third-order valence-electron chi connectivity index (χ3n) is 2.47. The Labute approximate surface area is 98.3 Å². The van der Waals surface area contributed by atoms with Gasteiger partial charge in [0.25, 0.3) is 5.72 Å². The molecule has 0 spiro atoms. The molecule has 1 unspecified atom stereocenters. The number of rotatable bonds is 3. The summed E-state index contributed by atoms with van der Waals surface area (Å²) in [5, 5.41) is 3.11. The number of nitrogens with two attached hydrogens (primary N) is 1. The van der Waals surface area contributed by atoms with Crippen molar-refractivity contribution in [3.8, 4) is 0 Å². The Balaban J connectivity index is 2.18. The summed E-state index contributed by atoms with van der Waals surface area (Å²) >= 11 is 0. The van der Waals surface area contributed by atoms with Gasteiger partial charge in [0.1, 0.15) is 0 Å². The molecule has 1 saturated heterocycles. The Morgan fingerprint density at radius 1 is 1.47 bits per heavy atom. The molecule has 6 heteroatoms. The molecule has 1 aliphatic heterocycles. The van der Waals surface area contributed by atoms with Gasteiger partial charge in [0.05, 0.1) is 0 Å². The van der Waals surface area contributed by atoms with Crippen molar-refractivity contribution in [1.82, 2.24) is 10.5 Å².